The summed E-state index contributed by atoms with van der Waals surface area (Å²) in [6.45, 7) is 4.49. The Hall–Kier alpha value is -3.03. The Morgan fingerprint density at radius 2 is 1.53 bits per heavy atom. The van der Waals surface area contributed by atoms with Crippen LogP contribution in [0.1, 0.15) is 4.88 Å². The Morgan fingerprint density at radius 3 is 2.09 bits per heavy atom. The van der Waals surface area contributed by atoms with Crippen molar-refractivity contribution in [1.82, 2.24) is 4.90 Å². The molecule has 1 aromatic heterocycles. The summed E-state index contributed by atoms with van der Waals surface area (Å²) < 4.78 is 10.5. The second-order valence-electron chi connectivity index (χ2n) is 7.72. The number of benzene rings is 2. The number of piperazine rings is 1. The van der Waals surface area contributed by atoms with E-state index in [1.165, 1.54) is 10.6 Å². The molecule has 0 aliphatic carbocycles. The van der Waals surface area contributed by atoms with E-state index in [-0.39, 0.29) is 5.91 Å². The number of nitrogens with zero attached hydrogens (tertiary/aromatic N) is 3. The van der Waals surface area contributed by atoms with E-state index < -0.39 is 0 Å². The fourth-order valence-corrected chi connectivity index (χ4v) is 4.57. The molecule has 1 aliphatic rings. The number of methoxy groups -OCH3 is 2. The zero-order valence-corrected chi connectivity index (χ0v) is 19.4. The van der Waals surface area contributed by atoms with Gasteiger partial charge in [-0.1, -0.05) is 6.07 Å². The highest BCUT2D eigenvalue weighted by Gasteiger charge is 2.23. The van der Waals surface area contributed by atoms with E-state index in [1.54, 1.807) is 25.6 Å². The summed E-state index contributed by atoms with van der Waals surface area (Å²) in [4.78, 5) is 21.0. The van der Waals surface area contributed by atoms with Crippen molar-refractivity contribution in [3.63, 3.8) is 0 Å². The van der Waals surface area contributed by atoms with Crippen LogP contribution in [-0.4, -0.2) is 57.8 Å². The third kappa shape index (κ3) is 5.41. The highest BCUT2D eigenvalue weighted by Crippen LogP contribution is 2.24. The van der Waals surface area contributed by atoms with Gasteiger partial charge in [-0.05, 0) is 60.0 Å². The summed E-state index contributed by atoms with van der Waals surface area (Å²) in [6.07, 6.45) is 0. The van der Waals surface area contributed by atoms with Crippen molar-refractivity contribution in [2.75, 3.05) is 56.7 Å². The lowest BCUT2D eigenvalue weighted by molar-refractivity contribution is -0.120. The fourth-order valence-electron chi connectivity index (χ4n) is 3.88. The molecule has 32 heavy (non-hydrogen) atoms. The van der Waals surface area contributed by atoms with Gasteiger partial charge in [0.25, 0.3) is 0 Å². The third-order valence-electron chi connectivity index (χ3n) is 5.75. The Morgan fingerprint density at radius 1 is 0.906 bits per heavy atom. The minimum atomic E-state index is 0.112. The predicted octanol–water partition coefficient (Wildman–Crippen LogP) is 4.12. The smallest absolute Gasteiger partial charge is 0.241 e. The van der Waals surface area contributed by atoms with Gasteiger partial charge in [0.2, 0.25) is 5.91 Å². The van der Waals surface area contributed by atoms with Crippen LogP contribution < -0.4 is 19.3 Å². The van der Waals surface area contributed by atoms with E-state index in [1.807, 2.05) is 52.7 Å². The van der Waals surface area contributed by atoms with Crippen molar-refractivity contribution in [3.05, 3.63) is 70.9 Å². The summed E-state index contributed by atoms with van der Waals surface area (Å²) in [5.74, 6) is 1.76. The first-order chi connectivity index (χ1) is 15.7. The van der Waals surface area contributed by atoms with Crippen molar-refractivity contribution in [2.45, 2.75) is 6.54 Å². The van der Waals surface area contributed by atoms with Gasteiger partial charge in [-0.25, -0.2) is 0 Å². The van der Waals surface area contributed by atoms with Crippen LogP contribution in [0.4, 0.5) is 11.4 Å². The lowest BCUT2D eigenvalue weighted by atomic mass is 10.2. The van der Waals surface area contributed by atoms with Crippen molar-refractivity contribution in [1.29, 1.82) is 0 Å². The van der Waals surface area contributed by atoms with Crippen molar-refractivity contribution < 1.29 is 14.3 Å². The topological polar surface area (TPSA) is 45.2 Å². The maximum Gasteiger partial charge on any atom is 0.241 e. The standard InChI is InChI=1S/C25H29N3O3S/c1-30-22-9-5-20(6-10-22)27-15-13-26(14-16-27)19-25(29)28(18-24-4-3-17-32-24)21-7-11-23(31-2)12-8-21/h3-12,17H,13-16,18-19H2,1-2H3. The molecule has 0 unspecified atom stereocenters. The minimum absolute atomic E-state index is 0.112. The summed E-state index contributed by atoms with van der Waals surface area (Å²) in [7, 11) is 3.33. The van der Waals surface area contributed by atoms with E-state index in [4.69, 9.17) is 9.47 Å². The van der Waals surface area contributed by atoms with Crippen molar-refractivity contribution in [3.8, 4) is 11.5 Å². The Bertz CT molecular complexity index is 982. The molecule has 0 saturated carbocycles. The van der Waals surface area contributed by atoms with Crippen molar-refractivity contribution >= 4 is 28.6 Å². The maximum atomic E-state index is 13.3. The quantitative estimate of drug-likeness (QED) is 0.516. The lowest BCUT2D eigenvalue weighted by Gasteiger charge is -2.36. The van der Waals surface area contributed by atoms with Gasteiger partial charge in [0.05, 0.1) is 27.3 Å². The largest absolute Gasteiger partial charge is 0.497 e. The van der Waals surface area contributed by atoms with Crippen LogP contribution in [0.5, 0.6) is 11.5 Å². The number of thiophene rings is 1. The van der Waals surface area contributed by atoms with Gasteiger partial charge in [-0.15, -0.1) is 11.3 Å². The number of hydrogen-bond donors (Lipinski definition) is 0. The van der Waals surface area contributed by atoms with E-state index >= 15 is 0 Å². The van der Waals surface area contributed by atoms with Gasteiger partial charge in [-0.3, -0.25) is 9.69 Å². The first-order valence-electron chi connectivity index (χ1n) is 10.7. The molecule has 0 bridgehead atoms. The van der Waals surface area contributed by atoms with Crippen LogP contribution in [-0.2, 0) is 11.3 Å². The van der Waals surface area contributed by atoms with Gasteiger partial charge in [0, 0.05) is 42.4 Å². The number of rotatable bonds is 8. The molecule has 1 aliphatic heterocycles. The zero-order chi connectivity index (χ0) is 22.3. The molecule has 168 valence electrons. The molecule has 1 saturated heterocycles. The summed E-state index contributed by atoms with van der Waals surface area (Å²) in [5.41, 5.74) is 2.08. The number of amides is 1. The number of anilines is 2. The van der Waals surface area contributed by atoms with Gasteiger partial charge in [0.1, 0.15) is 11.5 Å². The molecule has 4 rings (SSSR count). The minimum Gasteiger partial charge on any atom is -0.497 e. The van der Waals surface area contributed by atoms with Crippen LogP contribution in [0.2, 0.25) is 0 Å². The molecule has 2 aromatic carbocycles. The van der Waals surface area contributed by atoms with Crippen LogP contribution in [0.3, 0.4) is 0 Å². The van der Waals surface area contributed by atoms with Gasteiger partial charge in [0.15, 0.2) is 0 Å². The molecular formula is C25H29N3O3S. The molecule has 0 radical (unpaired) electrons. The van der Waals surface area contributed by atoms with Crippen LogP contribution in [0.25, 0.3) is 0 Å². The molecule has 7 heteroatoms. The fraction of sp³-hybridized carbons (Fsp3) is 0.320. The number of hydrogen-bond acceptors (Lipinski definition) is 6. The Labute approximate surface area is 193 Å². The first-order valence-corrected chi connectivity index (χ1v) is 11.6. The summed E-state index contributed by atoms with van der Waals surface area (Å²) in [6, 6.07) is 20.0. The summed E-state index contributed by atoms with van der Waals surface area (Å²) >= 11 is 1.67. The second kappa shape index (κ2) is 10.5. The van der Waals surface area contributed by atoms with Gasteiger partial charge >= 0.3 is 0 Å². The molecule has 0 spiro atoms. The monoisotopic (exact) mass is 451 g/mol. The molecule has 0 N–H and O–H groups in total. The van der Waals surface area contributed by atoms with E-state index in [9.17, 15) is 4.79 Å². The van der Waals surface area contributed by atoms with Gasteiger partial charge in [-0.2, -0.15) is 0 Å². The molecule has 1 amide bonds. The number of carbonyl (C=O) groups excluding carboxylic acids is 1. The molecule has 0 atom stereocenters. The highest BCUT2D eigenvalue weighted by molar-refractivity contribution is 7.09. The van der Waals surface area contributed by atoms with Crippen LogP contribution in [0, 0.1) is 0 Å². The predicted molar refractivity (Wildman–Crippen MR) is 130 cm³/mol. The van der Waals surface area contributed by atoms with E-state index in [2.05, 4.69) is 28.0 Å². The van der Waals surface area contributed by atoms with E-state index in [0.29, 0.717) is 13.1 Å². The SMILES string of the molecule is COc1ccc(N2CCN(CC(=O)N(Cc3cccs3)c3ccc(OC)cc3)CC2)cc1. The summed E-state index contributed by atoms with van der Waals surface area (Å²) in [5, 5.41) is 2.05. The van der Waals surface area contributed by atoms with E-state index in [0.717, 1.165) is 43.4 Å². The normalized spacial score (nSPS) is 14.2. The Balaban J connectivity index is 1.39. The second-order valence-corrected chi connectivity index (χ2v) is 8.75. The molecule has 6 nitrogen and oxygen atoms in total. The highest BCUT2D eigenvalue weighted by atomic mass is 32.1. The first kappa shape index (κ1) is 22.2. The average molecular weight is 452 g/mol. The number of carbonyl (C=O) groups is 1. The lowest BCUT2D eigenvalue weighted by Crippen LogP contribution is -2.50. The van der Waals surface area contributed by atoms with Gasteiger partial charge < -0.3 is 19.3 Å². The molecule has 1 fully saturated rings. The van der Waals surface area contributed by atoms with Crippen LogP contribution in [0.15, 0.2) is 66.0 Å². The number of ether oxygens (including phenoxy) is 2. The molecular weight excluding hydrogens is 422 g/mol. The van der Waals surface area contributed by atoms with Crippen molar-refractivity contribution in [2.24, 2.45) is 0 Å². The average Bonchev–Trinajstić information content (AvgIpc) is 3.36. The van der Waals surface area contributed by atoms with Crippen LogP contribution >= 0.6 is 11.3 Å². The Kier molecular flexibility index (Phi) is 7.29. The molecule has 2 heterocycles. The maximum absolute atomic E-state index is 13.3. The third-order valence-corrected chi connectivity index (χ3v) is 6.61. The molecule has 3 aromatic rings. The zero-order valence-electron chi connectivity index (χ0n) is 18.6.